The third-order valence-electron chi connectivity index (χ3n) is 2.45. The molecule has 0 aliphatic carbocycles. The van der Waals surface area contributed by atoms with Crippen LogP contribution >= 0.6 is 0 Å². The number of nitrogens with one attached hydrogen (secondary N) is 1. The maximum absolute atomic E-state index is 10.4. The van der Waals surface area contributed by atoms with Crippen LogP contribution in [0.5, 0.6) is 0 Å². The maximum atomic E-state index is 10.4. The van der Waals surface area contributed by atoms with Crippen LogP contribution < -0.4 is 5.32 Å². The summed E-state index contributed by atoms with van der Waals surface area (Å²) in [6.45, 7) is 0. The highest BCUT2D eigenvalue weighted by Gasteiger charge is 1.97. The molecule has 0 aliphatic heterocycles. The Morgan fingerprint density at radius 2 is 1.72 bits per heavy atom. The van der Waals surface area contributed by atoms with Gasteiger partial charge in [-0.15, -0.1) is 0 Å². The highest BCUT2D eigenvalue weighted by atomic mass is 16.4. The van der Waals surface area contributed by atoms with E-state index in [1.165, 1.54) is 6.20 Å². The molecular formula is C15H13NO2. The van der Waals surface area contributed by atoms with Crippen molar-refractivity contribution < 1.29 is 9.90 Å². The van der Waals surface area contributed by atoms with Gasteiger partial charge in [0.15, 0.2) is 0 Å². The Morgan fingerprint density at radius 3 is 2.44 bits per heavy atom. The highest BCUT2D eigenvalue weighted by molar-refractivity contribution is 5.80. The summed E-state index contributed by atoms with van der Waals surface area (Å²) in [5, 5.41) is 11.4. The SMILES string of the molecule is O=C(O)C=CNc1cccc(-c2ccccc2)c1. The zero-order valence-corrected chi connectivity index (χ0v) is 9.71. The van der Waals surface area contributed by atoms with Crippen LogP contribution in [0.4, 0.5) is 5.69 Å². The van der Waals surface area contributed by atoms with Crippen molar-refractivity contribution in [1.82, 2.24) is 0 Å². The van der Waals surface area contributed by atoms with Crippen LogP contribution in [0.25, 0.3) is 11.1 Å². The summed E-state index contributed by atoms with van der Waals surface area (Å²) in [4.78, 5) is 10.4. The number of carboxylic acid groups (broad SMARTS) is 1. The lowest BCUT2D eigenvalue weighted by Gasteiger charge is -2.05. The van der Waals surface area contributed by atoms with Gasteiger partial charge in [-0.2, -0.15) is 0 Å². The molecule has 0 radical (unpaired) electrons. The van der Waals surface area contributed by atoms with E-state index >= 15 is 0 Å². The smallest absolute Gasteiger partial charge is 0.329 e. The Labute approximate surface area is 105 Å². The largest absolute Gasteiger partial charge is 0.478 e. The maximum Gasteiger partial charge on any atom is 0.329 e. The van der Waals surface area contributed by atoms with Crippen LogP contribution in [-0.2, 0) is 4.79 Å². The summed E-state index contributed by atoms with van der Waals surface area (Å²) in [6.07, 6.45) is 2.47. The Balaban J connectivity index is 2.18. The van der Waals surface area contributed by atoms with Crippen molar-refractivity contribution in [2.24, 2.45) is 0 Å². The average molecular weight is 239 g/mol. The van der Waals surface area contributed by atoms with Crippen LogP contribution in [0.2, 0.25) is 0 Å². The minimum atomic E-state index is -0.971. The van der Waals surface area contributed by atoms with Gasteiger partial charge in [0.2, 0.25) is 0 Å². The van der Waals surface area contributed by atoms with Gasteiger partial charge >= 0.3 is 5.97 Å². The second kappa shape index (κ2) is 5.68. The molecule has 0 saturated carbocycles. The molecule has 0 amide bonds. The first-order chi connectivity index (χ1) is 8.75. The van der Waals surface area contributed by atoms with E-state index < -0.39 is 5.97 Å². The number of aliphatic carboxylic acids is 1. The predicted molar refractivity (Wildman–Crippen MR) is 72.3 cm³/mol. The van der Waals surface area contributed by atoms with Crippen molar-refractivity contribution >= 4 is 11.7 Å². The zero-order chi connectivity index (χ0) is 12.8. The van der Waals surface area contributed by atoms with Crippen molar-refractivity contribution in [1.29, 1.82) is 0 Å². The zero-order valence-electron chi connectivity index (χ0n) is 9.71. The van der Waals surface area contributed by atoms with E-state index in [4.69, 9.17) is 5.11 Å². The van der Waals surface area contributed by atoms with E-state index in [1.54, 1.807) is 0 Å². The molecule has 2 rings (SSSR count). The summed E-state index contributed by atoms with van der Waals surface area (Å²) >= 11 is 0. The molecule has 0 bridgehead atoms. The molecule has 0 saturated heterocycles. The second-order valence-electron chi connectivity index (χ2n) is 3.76. The fourth-order valence-electron chi connectivity index (χ4n) is 1.63. The Kier molecular flexibility index (Phi) is 3.76. The van der Waals surface area contributed by atoms with Crippen LogP contribution in [0, 0.1) is 0 Å². The van der Waals surface area contributed by atoms with Gasteiger partial charge in [-0.3, -0.25) is 0 Å². The van der Waals surface area contributed by atoms with E-state index in [2.05, 4.69) is 5.32 Å². The monoisotopic (exact) mass is 239 g/mol. The third kappa shape index (κ3) is 3.22. The van der Waals surface area contributed by atoms with Crippen molar-refractivity contribution in [3.8, 4) is 11.1 Å². The second-order valence-corrected chi connectivity index (χ2v) is 3.76. The molecule has 2 aromatic rings. The number of benzene rings is 2. The molecule has 0 unspecified atom stereocenters. The van der Waals surface area contributed by atoms with Gasteiger partial charge in [-0.1, -0.05) is 42.5 Å². The van der Waals surface area contributed by atoms with E-state index in [1.807, 2.05) is 54.6 Å². The lowest BCUT2D eigenvalue weighted by molar-refractivity contribution is -0.131. The number of hydrogen-bond acceptors (Lipinski definition) is 2. The van der Waals surface area contributed by atoms with Gasteiger partial charge in [-0.05, 0) is 23.3 Å². The Bertz CT molecular complexity index is 562. The van der Waals surface area contributed by atoms with Crippen molar-refractivity contribution in [2.45, 2.75) is 0 Å². The van der Waals surface area contributed by atoms with E-state index in [0.717, 1.165) is 22.9 Å². The molecule has 3 heteroatoms. The summed E-state index contributed by atoms with van der Waals surface area (Å²) in [6, 6.07) is 17.8. The first kappa shape index (κ1) is 11.9. The number of rotatable bonds is 4. The van der Waals surface area contributed by atoms with Gasteiger partial charge in [0.05, 0.1) is 0 Å². The predicted octanol–water partition coefficient (Wildman–Crippen LogP) is 3.36. The molecule has 18 heavy (non-hydrogen) atoms. The molecule has 2 N–H and O–H groups in total. The standard InChI is InChI=1S/C15H13NO2/c17-15(18)9-10-16-14-8-4-7-13(11-14)12-5-2-1-3-6-12/h1-11,16H,(H,17,18). The molecule has 0 spiro atoms. The first-order valence-corrected chi connectivity index (χ1v) is 5.57. The van der Waals surface area contributed by atoms with Gasteiger partial charge in [0, 0.05) is 18.0 Å². The van der Waals surface area contributed by atoms with Crippen molar-refractivity contribution in [3.05, 3.63) is 66.9 Å². The number of anilines is 1. The molecule has 0 atom stereocenters. The van der Waals surface area contributed by atoms with Crippen LogP contribution in [-0.4, -0.2) is 11.1 Å². The first-order valence-electron chi connectivity index (χ1n) is 5.57. The van der Waals surface area contributed by atoms with Gasteiger partial charge < -0.3 is 10.4 Å². The van der Waals surface area contributed by atoms with Crippen LogP contribution in [0.1, 0.15) is 0 Å². The molecule has 3 nitrogen and oxygen atoms in total. The molecule has 2 aromatic carbocycles. The van der Waals surface area contributed by atoms with Crippen molar-refractivity contribution in [3.63, 3.8) is 0 Å². The molecule has 0 heterocycles. The molecular weight excluding hydrogens is 226 g/mol. The summed E-state index contributed by atoms with van der Waals surface area (Å²) in [5.41, 5.74) is 3.07. The Morgan fingerprint density at radius 1 is 1.00 bits per heavy atom. The number of carboxylic acids is 1. The third-order valence-corrected chi connectivity index (χ3v) is 2.45. The van der Waals surface area contributed by atoms with Crippen molar-refractivity contribution in [2.75, 3.05) is 5.32 Å². The summed E-state index contributed by atoms with van der Waals surface area (Å²) < 4.78 is 0. The number of hydrogen-bond donors (Lipinski definition) is 2. The minimum absolute atomic E-state index is 0.855. The van der Waals surface area contributed by atoms with Crippen LogP contribution in [0.15, 0.2) is 66.9 Å². The molecule has 0 aromatic heterocycles. The molecule has 0 aliphatic rings. The molecule has 0 fully saturated rings. The Hall–Kier alpha value is -2.55. The van der Waals surface area contributed by atoms with E-state index in [-0.39, 0.29) is 0 Å². The summed E-state index contributed by atoms with van der Waals surface area (Å²) in [7, 11) is 0. The fourth-order valence-corrected chi connectivity index (χ4v) is 1.63. The average Bonchev–Trinajstić information content (AvgIpc) is 2.40. The van der Waals surface area contributed by atoms with Crippen LogP contribution in [0.3, 0.4) is 0 Å². The normalized spacial score (nSPS) is 10.4. The number of carbonyl (C=O) groups is 1. The topological polar surface area (TPSA) is 49.3 Å². The highest BCUT2D eigenvalue weighted by Crippen LogP contribution is 2.22. The van der Waals surface area contributed by atoms with E-state index in [9.17, 15) is 4.79 Å². The lowest BCUT2D eigenvalue weighted by Crippen LogP contribution is -1.92. The van der Waals surface area contributed by atoms with Gasteiger partial charge in [0.1, 0.15) is 0 Å². The lowest BCUT2D eigenvalue weighted by atomic mass is 10.1. The van der Waals surface area contributed by atoms with Gasteiger partial charge in [-0.25, -0.2) is 4.79 Å². The minimum Gasteiger partial charge on any atom is -0.478 e. The summed E-state index contributed by atoms with van der Waals surface area (Å²) in [5.74, 6) is -0.971. The fraction of sp³-hybridized carbons (Fsp3) is 0. The van der Waals surface area contributed by atoms with Gasteiger partial charge in [0.25, 0.3) is 0 Å². The quantitative estimate of drug-likeness (QED) is 0.804. The molecule has 90 valence electrons. The van der Waals surface area contributed by atoms with E-state index in [0.29, 0.717) is 0 Å².